The lowest BCUT2D eigenvalue weighted by Gasteiger charge is -2.36. The second-order valence-electron chi connectivity index (χ2n) is 34.8. The van der Waals surface area contributed by atoms with E-state index in [-0.39, 0.29) is 74.3 Å². The van der Waals surface area contributed by atoms with Crippen LogP contribution < -0.4 is 65.3 Å². The fourth-order valence-electron chi connectivity index (χ4n) is 15.2. The van der Waals surface area contributed by atoms with Crippen molar-refractivity contribution in [1.29, 1.82) is 0 Å². The molecular formula is C100H131ClF2N12O29S. The number of thiol groups is 1. The van der Waals surface area contributed by atoms with Gasteiger partial charge in [0.05, 0.1) is 56.0 Å². The van der Waals surface area contributed by atoms with Crippen molar-refractivity contribution in [3.63, 3.8) is 0 Å². The minimum absolute atomic E-state index is 0.0117. The zero-order valence-electron chi connectivity index (χ0n) is 80.6. The molecule has 0 aliphatic heterocycles. The van der Waals surface area contributed by atoms with Crippen LogP contribution in [-0.4, -0.2) is 279 Å². The first-order valence-corrected chi connectivity index (χ1v) is 48.1. The number of aryl methyl sites for hydroxylation is 2. The molecule has 2 unspecified atom stereocenters. The number of nitrogens with zero attached hydrogens (tertiary/aromatic N) is 2. The molecule has 45 heteroatoms. The molecule has 0 radical (unpaired) electrons. The van der Waals surface area contributed by atoms with E-state index in [1.165, 1.54) is 13.0 Å². The number of ketones is 1. The molecule has 7 aromatic rings. The molecule has 8 amide bonds. The number of aliphatic hydroxyl groups excluding tert-OH is 10. The fraction of sp³-hybridized carbons (Fsp3) is 0.470. The fourth-order valence-corrected chi connectivity index (χ4v) is 15.7. The molecule has 1 heterocycles. The monoisotopic (exact) mass is 2070 g/mol. The number of hydrogen-bond donors (Lipinski definition) is 23. The molecule has 17 atom stereocenters. The Morgan fingerprint density at radius 2 is 1.08 bits per heavy atom. The van der Waals surface area contributed by atoms with Gasteiger partial charge in [-0.05, 0) is 93.7 Å². The number of Topliss-reactive ketones (excluding diaryl/α,β-unsaturated/α-hetero) is 1. The number of carboxylic acid groups (broad SMARTS) is 2. The average Bonchev–Trinajstić information content (AvgIpc) is 0.745. The Balaban J connectivity index is 0.000000973. The maximum atomic E-state index is 15.1. The number of ether oxygens (including phenoxy) is 2. The molecule has 1 aromatic heterocycles. The number of amides is 8. The van der Waals surface area contributed by atoms with Crippen molar-refractivity contribution in [3.05, 3.63) is 234 Å². The Labute approximate surface area is 845 Å². The van der Waals surface area contributed by atoms with Gasteiger partial charge in [0.1, 0.15) is 79.0 Å². The third-order valence-electron chi connectivity index (χ3n) is 24.1. The predicted octanol–water partition coefficient (Wildman–Crippen LogP) is 0.606. The van der Waals surface area contributed by atoms with Crippen LogP contribution >= 0.6 is 24.2 Å². The first kappa shape index (κ1) is 121. The van der Waals surface area contributed by atoms with Crippen LogP contribution in [0.2, 0.25) is 5.02 Å². The van der Waals surface area contributed by atoms with Crippen LogP contribution in [-0.2, 0) is 96.9 Å². The summed E-state index contributed by atoms with van der Waals surface area (Å²) in [7, 11) is 0. The molecule has 41 nitrogen and oxygen atoms in total. The number of aliphatic hydroxyl groups is 10. The quantitative estimate of drug-likeness (QED) is 0.00816. The maximum Gasteiger partial charge on any atom is 0.331 e. The third kappa shape index (κ3) is 37.7. The van der Waals surface area contributed by atoms with Gasteiger partial charge in [-0.15, -0.1) is 0 Å². The van der Waals surface area contributed by atoms with Crippen LogP contribution in [0, 0.1) is 37.3 Å². The molecule has 0 spiro atoms. The second-order valence-corrected chi connectivity index (χ2v) is 35.6. The number of hydrogen-bond acceptors (Lipinski definition) is 30. The van der Waals surface area contributed by atoms with E-state index in [0.717, 1.165) is 43.5 Å². The van der Waals surface area contributed by atoms with Crippen LogP contribution in [0.3, 0.4) is 0 Å². The Hall–Kier alpha value is -12.7. The maximum absolute atomic E-state index is 15.1. The first-order valence-electron chi connectivity index (χ1n) is 47.1. The number of carboxylic acids is 2. The van der Waals surface area contributed by atoms with Crippen molar-refractivity contribution < 1.29 is 142 Å². The van der Waals surface area contributed by atoms with Crippen molar-refractivity contribution in [2.75, 3.05) is 51.8 Å². The van der Waals surface area contributed by atoms with Crippen LogP contribution in [0.25, 0.3) is 11.1 Å². The molecular weight excluding hydrogens is 1940 g/mol. The number of carbonyl (C=O) groups is 13. The lowest BCUT2D eigenvalue weighted by Crippen LogP contribution is -2.58. The Morgan fingerprint density at radius 1 is 0.545 bits per heavy atom. The molecule has 0 bridgehead atoms. The molecule has 145 heavy (non-hydrogen) atoms. The highest BCUT2D eigenvalue weighted by Crippen LogP contribution is 2.44. The summed E-state index contributed by atoms with van der Waals surface area (Å²) in [5.41, 5.74) is 14.9. The number of esters is 1. The van der Waals surface area contributed by atoms with Gasteiger partial charge in [0.2, 0.25) is 47.3 Å². The van der Waals surface area contributed by atoms with Gasteiger partial charge >= 0.3 is 23.6 Å². The van der Waals surface area contributed by atoms with E-state index in [1.54, 1.807) is 54.6 Å². The highest BCUT2D eigenvalue weighted by Gasteiger charge is 2.44. The van der Waals surface area contributed by atoms with Crippen molar-refractivity contribution in [2.24, 2.45) is 23.3 Å². The molecule has 0 aliphatic rings. The normalized spacial score (nSPS) is 15.0. The van der Waals surface area contributed by atoms with E-state index in [2.05, 4.69) is 59.9 Å². The van der Waals surface area contributed by atoms with Crippen LogP contribution in [0.15, 0.2) is 161 Å². The van der Waals surface area contributed by atoms with Gasteiger partial charge < -0.3 is 125 Å². The summed E-state index contributed by atoms with van der Waals surface area (Å²) in [4.78, 5) is 198. The third-order valence-corrected chi connectivity index (χ3v) is 24.7. The lowest BCUT2D eigenvalue weighted by molar-refractivity contribution is -0.158. The highest BCUT2D eigenvalue weighted by atomic mass is 35.5. The first-order chi connectivity index (χ1) is 69.0. The molecule has 0 fully saturated rings. The van der Waals surface area contributed by atoms with E-state index in [4.69, 9.17) is 32.9 Å². The van der Waals surface area contributed by atoms with Gasteiger partial charge in [0.25, 0.3) is 12.0 Å². The summed E-state index contributed by atoms with van der Waals surface area (Å²) in [6.45, 7) is 1.41. The number of nitrogens with two attached hydrogens (primary N) is 2. The SMILES string of the molecule is CCC(C)C(=O)OC(c1ccccc1)(c1ccc(C)cc1)c1ccccc1Cl.Cc1c(-c2cccc(CCC(=O)NCCCCCCCC(=O)N[C@H](CCC(=O)NC[C@H](O)[C@@H](O)[C@H](O)[C@H](O)CO)C(=O)C[C@H](CCC(=O)O)C(=O)N[C@H](CCC(=O)NC[C@H](O)[C@@H](O)[C@H](O)[C@H](O)CO)C(=O)NC[C@H](N)C(=O)N[C@@H](COC=O)C(=O)N[C@@H](CS)C(=O)O)c2)c(=O)n(C[C@H](N)c2ccccc2)c(=O)n1Cc1c(F)cccc1F. The minimum Gasteiger partial charge on any atom is -0.481 e. The van der Waals surface area contributed by atoms with E-state index >= 15 is 8.78 Å². The number of carbonyl (C=O) groups excluding carboxylic acids is 11. The Kier molecular flexibility index (Phi) is 51.4. The van der Waals surface area contributed by atoms with Crippen LogP contribution in [0.1, 0.15) is 161 Å². The van der Waals surface area contributed by atoms with Crippen molar-refractivity contribution in [1.82, 2.24) is 51.7 Å². The Bertz CT molecular complexity index is 5550. The highest BCUT2D eigenvalue weighted by molar-refractivity contribution is 7.80. The number of aliphatic carboxylic acids is 2. The predicted molar refractivity (Wildman–Crippen MR) is 526 cm³/mol. The topological polar surface area (TPSA) is 675 Å². The van der Waals surface area contributed by atoms with Gasteiger partial charge in [-0.1, -0.05) is 184 Å². The zero-order valence-corrected chi connectivity index (χ0v) is 82.2. The number of rotatable bonds is 62. The number of unbranched alkanes of at least 4 members (excludes halogenated alkanes) is 4. The van der Waals surface area contributed by atoms with Gasteiger partial charge in [-0.3, -0.25) is 71.5 Å². The molecule has 0 saturated carbocycles. The van der Waals surface area contributed by atoms with Crippen molar-refractivity contribution in [3.8, 4) is 11.1 Å². The lowest BCUT2D eigenvalue weighted by atomic mass is 9.79. The van der Waals surface area contributed by atoms with E-state index < -0.39 is 281 Å². The standard InChI is InChI=1S/C75H106F2N12O27S.C25H25ClO2/c1-40-64(73(112)89(34-49(79)42-13-6-5-7-14-42)75(115)88(40)33-45-46(76)16-11-17-47(45)77)43-15-10-12-41(28-43)19-23-59(98)80-27-9-4-2-3-8-18-62(101)84-50(21-24-60(99)81-31-55(94)65(104)67(106)57(96)35-90)54(93)29-44(20-26-63(102)103)69(108)85-51(22-25-61(100)82-32-56(95)66(105)68(107)58(97)36-91)71(110)83-30-48(78)70(109)86-52(37-116-39-92)72(111)87-53(38-117)74(113)114;1-4-19(3)24(27)28-25(20-10-6-5-7-11-20,21-16-14-18(2)15-17-21)22-12-8-9-13-23(22)26/h5-7,10-17,28,39,44,48-53,55-58,65-68,90-91,94-97,104-107,117H,2-4,8-9,18-27,29-38,78-79H2,1H3,(H,80,98)(H,81,99)(H,82,100)(H,83,110)(H,84,101)(H,85,108)(H,86,109)(H,87,111)(H,102,103)(H,113,114);5-17,19H,4H2,1-3H3/t44-,48-,49-,50+,51+,52-,53-,55-,56-,57+,58+,65+,66+,67+,68+;/m0./s1. The largest absolute Gasteiger partial charge is 0.481 e. The van der Waals surface area contributed by atoms with Gasteiger partial charge in [0, 0.05) is 115 Å². The molecule has 7 rings (SSSR count). The zero-order chi connectivity index (χ0) is 107. The molecule has 0 saturated heterocycles. The average molecular weight is 2070 g/mol. The van der Waals surface area contributed by atoms with E-state index in [1.807, 2.05) is 99.6 Å². The van der Waals surface area contributed by atoms with Gasteiger partial charge in [0.15, 0.2) is 11.4 Å². The van der Waals surface area contributed by atoms with Gasteiger partial charge in [-0.25, -0.2) is 18.4 Å². The summed E-state index contributed by atoms with van der Waals surface area (Å²) in [5, 5.41) is 137. The van der Waals surface area contributed by atoms with Crippen molar-refractivity contribution >= 4 is 102 Å². The van der Waals surface area contributed by atoms with Crippen LogP contribution in [0.5, 0.6) is 0 Å². The van der Waals surface area contributed by atoms with E-state index in [9.17, 15) is 128 Å². The van der Waals surface area contributed by atoms with Gasteiger partial charge in [-0.2, -0.15) is 12.6 Å². The summed E-state index contributed by atoms with van der Waals surface area (Å²) in [6.07, 6.45) is -18.2. The summed E-state index contributed by atoms with van der Waals surface area (Å²) < 4.78 is 43.1. The van der Waals surface area contributed by atoms with E-state index in [0.29, 0.717) is 53.8 Å². The summed E-state index contributed by atoms with van der Waals surface area (Å²) in [5.74, 6) is -16.2. The molecule has 0 aliphatic carbocycles. The molecule has 792 valence electrons. The molecule has 6 aromatic carbocycles. The minimum atomic E-state index is -2.13. The van der Waals surface area contributed by atoms with Crippen molar-refractivity contribution in [2.45, 2.75) is 234 Å². The number of halogens is 3. The second kappa shape index (κ2) is 61.6. The summed E-state index contributed by atoms with van der Waals surface area (Å²) >= 11 is 10.5. The summed E-state index contributed by atoms with van der Waals surface area (Å²) in [6, 6.07) is 34.7. The number of nitrogens with one attached hydrogen (secondary N) is 8. The smallest absolute Gasteiger partial charge is 0.331 e. The Morgan fingerprint density at radius 3 is 1.66 bits per heavy atom. The number of benzene rings is 6. The molecule has 24 N–H and O–H groups in total. The number of aromatic nitrogens is 2. The van der Waals surface area contributed by atoms with Crippen LogP contribution in [0.4, 0.5) is 8.78 Å².